The zero-order valence-corrected chi connectivity index (χ0v) is 16.6. The van der Waals surface area contributed by atoms with E-state index in [9.17, 15) is 9.59 Å². The molecule has 30 heavy (non-hydrogen) atoms. The minimum Gasteiger partial charge on any atom is -0.452 e. The van der Waals surface area contributed by atoms with E-state index in [2.05, 4.69) is 15.4 Å². The van der Waals surface area contributed by atoms with Crippen molar-refractivity contribution < 1.29 is 14.3 Å². The van der Waals surface area contributed by atoms with E-state index >= 15 is 0 Å². The predicted molar refractivity (Wildman–Crippen MR) is 114 cm³/mol. The number of esters is 1. The first-order chi connectivity index (χ1) is 14.5. The average molecular weight is 400 g/mol. The van der Waals surface area contributed by atoms with Gasteiger partial charge < -0.3 is 10.1 Å². The lowest BCUT2D eigenvalue weighted by molar-refractivity contribution is -0.119. The number of anilines is 1. The van der Waals surface area contributed by atoms with Crippen LogP contribution in [0.5, 0.6) is 0 Å². The fourth-order valence-electron chi connectivity index (χ4n) is 3.28. The molecule has 150 valence electrons. The molecular weight excluding hydrogens is 380 g/mol. The Hall–Kier alpha value is -4.00. The third-order valence-electron chi connectivity index (χ3n) is 4.72. The summed E-state index contributed by atoms with van der Waals surface area (Å²) in [6, 6.07) is 18.9. The van der Waals surface area contributed by atoms with Crippen molar-refractivity contribution in [2.45, 2.75) is 6.92 Å². The van der Waals surface area contributed by atoms with Crippen molar-refractivity contribution in [3.8, 4) is 11.1 Å². The zero-order chi connectivity index (χ0) is 21.1. The predicted octanol–water partition coefficient (Wildman–Crippen LogP) is 3.74. The lowest BCUT2D eigenvalue weighted by Crippen LogP contribution is -2.21. The summed E-state index contributed by atoms with van der Waals surface area (Å²) < 4.78 is 6.84. The van der Waals surface area contributed by atoms with E-state index in [1.54, 1.807) is 17.8 Å². The summed E-state index contributed by atoms with van der Waals surface area (Å²) in [6.07, 6.45) is 1.42. The number of ether oxygens (including phenoxy) is 1. The topological polar surface area (TPSA) is 86.1 Å². The Kier molecular flexibility index (Phi) is 5.26. The van der Waals surface area contributed by atoms with E-state index in [1.807, 2.05) is 61.5 Å². The van der Waals surface area contributed by atoms with E-state index in [-0.39, 0.29) is 5.56 Å². The van der Waals surface area contributed by atoms with Gasteiger partial charge in [0.1, 0.15) is 0 Å². The van der Waals surface area contributed by atoms with Crippen LogP contribution < -0.4 is 5.32 Å². The molecule has 0 atom stereocenters. The van der Waals surface area contributed by atoms with Crippen LogP contribution in [0.1, 0.15) is 16.1 Å². The molecule has 4 aromatic rings. The van der Waals surface area contributed by atoms with E-state index in [0.717, 1.165) is 22.2 Å². The van der Waals surface area contributed by atoms with E-state index in [4.69, 9.17) is 4.74 Å². The number of aromatic nitrogens is 3. The van der Waals surface area contributed by atoms with Crippen LogP contribution in [-0.2, 0) is 16.6 Å². The summed E-state index contributed by atoms with van der Waals surface area (Å²) in [5.41, 5.74) is 4.25. The normalized spacial score (nSPS) is 10.7. The lowest BCUT2D eigenvalue weighted by atomic mass is 10.0. The second-order valence-corrected chi connectivity index (χ2v) is 6.84. The van der Waals surface area contributed by atoms with Gasteiger partial charge in [-0.15, -0.1) is 0 Å². The molecule has 1 amide bonds. The third kappa shape index (κ3) is 3.91. The van der Waals surface area contributed by atoms with Gasteiger partial charge in [0.2, 0.25) is 0 Å². The first-order valence-corrected chi connectivity index (χ1v) is 9.43. The van der Waals surface area contributed by atoms with Crippen molar-refractivity contribution in [3.63, 3.8) is 0 Å². The van der Waals surface area contributed by atoms with E-state index in [0.29, 0.717) is 11.3 Å². The highest BCUT2D eigenvalue weighted by molar-refractivity contribution is 5.99. The SMILES string of the molecule is Cc1nn(C)c2ncc(C(=O)OCC(=O)Nc3ccccc3-c3ccccc3)cc12. The molecule has 0 radical (unpaired) electrons. The number of carbonyl (C=O) groups excluding carboxylic acids is 2. The summed E-state index contributed by atoms with van der Waals surface area (Å²) in [7, 11) is 1.79. The van der Waals surface area contributed by atoms with Crippen LogP contribution in [0.15, 0.2) is 66.9 Å². The second kappa shape index (κ2) is 8.16. The molecule has 0 saturated heterocycles. The minimum absolute atomic E-state index is 0.274. The van der Waals surface area contributed by atoms with Crippen molar-refractivity contribution in [2.75, 3.05) is 11.9 Å². The van der Waals surface area contributed by atoms with Gasteiger partial charge in [-0.3, -0.25) is 9.48 Å². The van der Waals surface area contributed by atoms with E-state index < -0.39 is 18.5 Å². The largest absolute Gasteiger partial charge is 0.452 e. The molecule has 0 aliphatic heterocycles. The van der Waals surface area contributed by atoms with Crippen molar-refractivity contribution in [2.24, 2.45) is 7.05 Å². The van der Waals surface area contributed by atoms with Crippen molar-refractivity contribution >= 4 is 28.6 Å². The molecule has 0 bridgehead atoms. The number of fused-ring (bicyclic) bond motifs is 1. The van der Waals surface area contributed by atoms with Gasteiger partial charge >= 0.3 is 5.97 Å². The molecule has 2 aromatic carbocycles. The van der Waals surface area contributed by atoms with Crippen molar-refractivity contribution in [1.29, 1.82) is 0 Å². The molecule has 0 saturated carbocycles. The molecule has 0 unspecified atom stereocenters. The Morgan fingerprint density at radius 2 is 1.80 bits per heavy atom. The van der Waals surface area contributed by atoms with Gasteiger partial charge in [0.25, 0.3) is 5.91 Å². The van der Waals surface area contributed by atoms with Gasteiger partial charge in [-0.2, -0.15) is 5.10 Å². The zero-order valence-electron chi connectivity index (χ0n) is 16.6. The Balaban J connectivity index is 1.43. The number of hydrogen-bond donors (Lipinski definition) is 1. The molecule has 7 heteroatoms. The molecule has 2 aromatic heterocycles. The number of rotatable bonds is 5. The molecule has 0 spiro atoms. The maximum Gasteiger partial charge on any atom is 0.340 e. The number of amides is 1. The van der Waals surface area contributed by atoms with Crippen LogP contribution in [0.3, 0.4) is 0 Å². The summed E-state index contributed by atoms with van der Waals surface area (Å²) in [4.78, 5) is 29.0. The minimum atomic E-state index is -0.612. The Bertz CT molecular complexity index is 1230. The second-order valence-electron chi connectivity index (χ2n) is 6.84. The van der Waals surface area contributed by atoms with Crippen LogP contribution in [0, 0.1) is 6.92 Å². The molecule has 0 aliphatic carbocycles. The summed E-state index contributed by atoms with van der Waals surface area (Å²) in [5.74, 6) is -1.03. The molecular formula is C23H20N4O3. The van der Waals surface area contributed by atoms with Crippen LogP contribution in [0.4, 0.5) is 5.69 Å². The lowest BCUT2D eigenvalue weighted by Gasteiger charge is -2.11. The van der Waals surface area contributed by atoms with Gasteiger partial charge in [-0.1, -0.05) is 48.5 Å². The molecule has 2 heterocycles. The first kappa shape index (κ1) is 19.3. The number of hydrogen-bond acceptors (Lipinski definition) is 5. The highest BCUT2D eigenvalue weighted by atomic mass is 16.5. The number of carbonyl (C=O) groups is 2. The fourth-order valence-corrected chi connectivity index (χ4v) is 3.28. The molecule has 1 N–H and O–H groups in total. The van der Waals surface area contributed by atoms with Crippen LogP contribution in [0.25, 0.3) is 22.2 Å². The van der Waals surface area contributed by atoms with Crippen LogP contribution in [0.2, 0.25) is 0 Å². The van der Waals surface area contributed by atoms with E-state index in [1.165, 1.54) is 6.20 Å². The standard InChI is InChI=1S/C23H20N4O3/c1-15-19-12-17(13-24-22(19)27(2)26-15)23(29)30-14-21(28)25-20-11-7-6-10-18(20)16-8-4-3-5-9-16/h3-13H,14H2,1-2H3,(H,25,28). The number of nitrogens with one attached hydrogen (secondary N) is 1. The van der Waals surface area contributed by atoms with Gasteiger partial charge in [0.05, 0.1) is 11.3 Å². The third-order valence-corrected chi connectivity index (χ3v) is 4.72. The van der Waals surface area contributed by atoms with Gasteiger partial charge in [0.15, 0.2) is 12.3 Å². The first-order valence-electron chi connectivity index (χ1n) is 9.43. The number of para-hydroxylation sites is 1. The highest BCUT2D eigenvalue weighted by Gasteiger charge is 2.15. The molecule has 4 rings (SSSR count). The maximum absolute atomic E-state index is 12.4. The average Bonchev–Trinajstić information content (AvgIpc) is 3.06. The highest BCUT2D eigenvalue weighted by Crippen LogP contribution is 2.27. The Morgan fingerprint density at radius 1 is 1.07 bits per heavy atom. The number of aryl methyl sites for hydroxylation is 2. The summed E-state index contributed by atoms with van der Waals surface area (Å²) in [5, 5.41) is 7.87. The number of nitrogens with zero attached hydrogens (tertiary/aromatic N) is 3. The number of benzene rings is 2. The van der Waals surface area contributed by atoms with Crippen molar-refractivity contribution in [3.05, 3.63) is 78.1 Å². The quantitative estimate of drug-likeness (QED) is 0.516. The maximum atomic E-state index is 12.4. The Labute approximate surface area is 173 Å². The summed E-state index contributed by atoms with van der Waals surface area (Å²) in [6.45, 7) is 1.45. The molecule has 0 fully saturated rings. The van der Waals surface area contributed by atoms with Gasteiger partial charge in [0, 0.05) is 29.9 Å². The molecule has 7 nitrogen and oxygen atoms in total. The number of pyridine rings is 1. The smallest absolute Gasteiger partial charge is 0.340 e. The Morgan fingerprint density at radius 3 is 2.60 bits per heavy atom. The van der Waals surface area contributed by atoms with Gasteiger partial charge in [-0.05, 0) is 24.6 Å². The summed E-state index contributed by atoms with van der Waals surface area (Å²) >= 11 is 0. The van der Waals surface area contributed by atoms with Crippen LogP contribution in [-0.4, -0.2) is 33.2 Å². The van der Waals surface area contributed by atoms with Crippen molar-refractivity contribution in [1.82, 2.24) is 14.8 Å². The van der Waals surface area contributed by atoms with Crippen LogP contribution >= 0.6 is 0 Å². The molecule has 0 aliphatic rings. The fraction of sp³-hybridized carbons (Fsp3) is 0.130. The van der Waals surface area contributed by atoms with Gasteiger partial charge in [-0.25, -0.2) is 9.78 Å². The monoisotopic (exact) mass is 400 g/mol.